The number of nitro groups is 1. The Morgan fingerprint density at radius 3 is 2.28 bits per heavy atom. The van der Waals surface area contributed by atoms with Gasteiger partial charge in [0.25, 0.3) is 5.96 Å². The Morgan fingerprint density at radius 1 is 1.03 bits per heavy atom. The van der Waals surface area contributed by atoms with E-state index in [2.05, 4.69) is 15.4 Å². The molecule has 2 atom stereocenters. The lowest BCUT2D eigenvalue weighted by Crippen LogP contribution is -2.32. The minimum absolute atomic E-state index is 0.187. The lowest BCUT2D eigenvalue weighted by molar-refractivity contribution is -0.485. The zero-order chi connectivity index (χ0) is 20.2. The van der Waals surface area contributed by atoms with Crippen molar-refractivity contribution in [2.75, 3.05) is 0 Å². The highest BCUT2D eigenvalue weighted by atomic mass is 35.5. The van der Waals surface area contributed by atoms with Gasteiger partial charge < -0.3 is 10.2 Å². The summed E-state index contributed by atoms with van der Waals surface area (Å²) < 4.78 is 0. The van der Waals surface area contributed by atoms with Crippen LogP contribution in [-0.2, 0) is 6.54 Å². The third kappa shape index (κ3) is 4.20. The summed E-state index contributed by atoms with van der Waals surface area (Å²) >= 11 is 5.90. The van der Waals surface area contributed by atoms with Crippen LogP contribution in [0.25, 0.3) is 0 Å². The van der Waals surface area contributed by atoms with E-state index in [0.717, 1.165) is 16.7 Å². The molecule has 7 nitrogen and oxygen atoms in total. The molecule has 1 aromatic heterocycles. The Bertz CT molecular complexity index is 1010. The number of nitrogens with zero attached hydrogens (tertiary/aromatic N) is 4. The van der Waals surface area contributed by atoms with Crippen LogP contribution in [-0.4, -0.2) is 20.9 Å². The molecule has 0 radical (unpaired) electrons. The van der Waals surface area contributed by atoms with Crippen LogP contribution in [0, 0.1) is 10.1 Å². The van der Waals surface area contributed by atoms with E-state index >= 15 is 0 Å². The van der Waals surface area contributed by atoms with Gasteiger partial charge in [0.2, 0.25) is 0 Å². The molecule has 0 bridgehead atoms. The van der Waals surface area contributed by atoms with E-state index in [1.165, 1.54) is 0 Å². The van der Waals surface area contributed by atoms with Crippen molar-refractivity contribution in [3.05, 3.63) is 111 Å². The second-order valence-electron chi connectivity index (χ2n) is 6.67. The van der Waals surface area contributed by atoms with Crippen LogP contribution in [0.3, 0.4) is 0 Å². The summed E-state index contributed by atoms with van der Waals surface area (Å²) in [6.45, 7) is 0.396. The summed E-state index contributed by atoms with van der Waals surface area (Å²) in [5.74, 6) is 0.215. The number of nitrogens with one attached hydrogen (secondary N) is 1. The van der Waals surface area contributed by atoms with E-state index in [1.807, 2.05) is 71.6 Å². The molecule has 0 spiro atoms. The van der Waals surface area contributed by atoms with Crippen molar-refractivity contribution >= 4 is 17.6 Å². The molecular formula is C21H18ClN5O2. The van der Waals surface area contributed by atoms with Crippen LogP contribution in [0.15, 0.2) is 84.1 Å². The van der Waals surface area contributed by atoms with Gasteiger partial charge in [0.05, 0.1) is 12.1 Å². The average molecular weight is 408 g/mol. The lowest BCUT2D eigenvalue weighted by atomic mass is 9.94. The van der Waals surface area contributed by atoms with E-state index < -0.39 is 5.03 Å². The van der Waals surface area contributed by atoms with Crippen LogP contribution >= 0.6 is 11.6 Å². The molecule has 0 unspecified atom stereocenters. The lowest BCUT2D eigenvalue weighted by Gasteiger charge is -2.28. The molecule has 0 saturated carbocycles. The second kappa shape index (κ2) is 8.28. The number of hydrogen-bond acceptors (Lipinski definition) is 3. The summed E-state index contributed by atoms with van der Waals surface area (Å²) in [6.07, 6.45) is 1.67. The second-order valence-corrected chi connectivity index (χ2v) is 7.05. The van der Waals surface area contributed by atoms with Crippen molar-refractivity contribution in [2.24, 2.45) is 5.10 Å². The molecule has 1 saturated heterocycles. The highest BCUT2D eigenvalue weighted by molar-refractivity contribution is 6.29. The van der Waals surface area contributed by atoms with Gasteiger partial charge in [-0.05, 0) is 22.8 Å². The maximum absolute atomic E-state index is 11.2. The molecule has 2 aromatic carbocycles. The fourth-order valence-electron chi connectivity index (χ4n) is 3.59. The van der Waals surface area contributed by atoms with Crippen molar-refractivity contribution in [1.82, 2.24) is 15.2 Å². The van der Waals surface area contributed by atoms with E-state index in [-0.39, 0.29) is 18.0 Å². The standard InChI is InChI=1S/C21H18ClN5O2/c22-18-12-11-15(13-23-18)14-26-20(17-9-5-2-6-10-17)19(16-7-3-1-4-8-16)24-21(26)25-27(28)29/h1-13,19-20H,14H2,(H,24,25)/t19-,20-/m0/s1. The van der Waals surface area contributed by atoms with Crippen LogP contribution in [0.4, 0.5) is 0 Å². The molecule has 1 aliphatic rings. The summed E-state index contributed by atoms with van der Waals surface area (Å²) in [4.78, 5) is 17.2. The van der Waals surface area contributed by atoms with Gasteiger partial charge in [0.1, 0.15) is 10.3 Å². The Hall–Kier alpha value is -3.45. The maximum Gasteiger partial charge on any atom is 0.272 e. The Labute approximate surface area is 172 Å². The van der Waals surface area contributed by atoms with Gasteiger partial charge in [-0.15, -0.1) is 0 Å². The summed E-state index contributed by atoms with van der Waals surface area (Å²) in [5, 5.41) is 17.8. The fraction of sp³-hybridized carbons (Fsp3) is 0.143. The molecule has 29 heavy (non-hydrogen) atoms. The number of guanidine groups is 1. The van der Waals surface area contributed by atoms with Crippen LogP contribution in [0.1, 0.15) is 28.8 Å². The number of halogens is 1. The Kier molecular flexibility index (Phi) is 5.39. The summed E-state index contributed by atoms with van der Waals surface area (Å²) in [5.41, 5.74) is 2.93. The Morgan fingerprint density at radius 2 is 1.69 bits per heavy atom. The number of rotatable bonds is 5. The topological polar surface area (TPSA) is 83.7 Å². The van der Waals surface area contributed by atoms with Gasteiger partial charge in [-0.3, -0.25) is 0 Å². The number of hydrazone groups is 1. The molecular weight excluding hydrogens is 390 g/mol. The first-order valence-corrected chi connectivity index (χ1v) is 9.46. The molecule has 146 valence electrons. The zero-order valence-corrected chi connectivity index (χ0v) is 16.1. The third-order valence-corrected chi connectivity index (χ3v) is 5.05. The monoisotopic (exact) mass is 407 g/mol. The van der Waals surface area contributed by atoms with Crippen molar-refractivity contribution in [3.8, 4) is 0 Å². The van der Waals surface area contributed by atoms with Gasteiger partial charge in [-0.25, -0.2) is 15.1 Å². The van der Waals surface area contributed by atoms with E-state index in [9.17, 15) is 10.1 Å². The first kappa shape index (κ1) is 18.9. The molecule has 4 rings (SSSR count). The average Bonchev–Trinajstić information content (AvgIpc) is 3.08. The predicted molar refractivity (Wildman–Crippen MR) is 111 cm³/mol. The van der Waals surface area contributed by atoms with Gasteiger partial charge in [0, 0.05) is 12.7 Å². The highest BCUT2D eigenvalue weighted by Crippen LogP contribution is 2.39. The minimum Gasteiger partial charge on any atom is -0.342 e. The molecule has 1 N–H and O–H groups in total. The fourth-order valence-corrected chi connectivity index (χ4v) is 3.71. The Balaban J connectivity index is 1.79. The molecule has 3 aromatic rings. The number of hydrogen-bond donors (Lipinski definition) is 1. The molecule has 1 fully saturated rings. The summed E-state index contributed by atoms with van der Waals surface area (Å²) in [6, 6.07) is 22.9. The minimum atomic E-state index is -0.676. The van der Waals surface area contributed by atoms with Crippen LogP contribution in [0.5, 0.6) is 0 Å². The molecule has 2 heterocycles. The van der Waals surface area contributed by atoms with Crippen molar-refractivity contribution in [3.63, 3.8) is 0 Å². The molecule has 0 amide bonds. The number of pyridine rings is 1. The third-order valence-electron chi connectivity index (χ3n) is 4.83. The van der Waals surface area contributed by atoms with Crippen molar-refractivity contribution in [2.45, 2.75) is 18.6 Å². The van der Waals surface area contributed by atoms with Crippen LogP contribution < -0.4 is 5.32 Å². The first-order valence-electron chi connectivity index (χ1n) is 9.08. The maximum atomic E-state index is 11.2. The quantitative estimate of drug-likeness (QED) is 0.390. The first-order chi connectivity index (χ1) is 14.1. The number of aromatic nitrogens is 1. The van der Waals surface area contributed by atoms with E-state index in [1.54, 1.807) is 12.3 Å². The summed E-state index contributed by atoms with van der Waals surface area (Å²) in [7, 11) is 0. The van der Waals surface area contributed by atoms with Gasteiger partial charge in [-0.2, -0.15) is 0 Å². The van der Waals surface area contributed by atoms with E-state index in [4.69, 9.17) is 11.6 Å². The molecule has 1 aliphatic heterocycles. The van der Waals surface area contributed by atoms with Gasteiger partial charge in [-0.1, -0.05) is 78.3 Å². The molecule has 8 heteroatoms. The zero-order valence-electron chi connectivity index (χ0n) is 15.4. The highest BCUT2D eigenvalue weighted by Gasteiger charge is 2.41. The van der Waals surface area contributed by atoms with E-state index in [0.29, 0.717) is 11.7 Å². The van der Waals surface area contributed by atoms with Crippen molar-refractivity contribution < 1.29 is 5.03 Å². The van der Waals surface area contributed by atoms with Gasteiger partial charge >= 0.3 is 0 Å². The normalized spacial score (nSPS) is 19.9. The van der Waals surface area contributed by atoms with Crippen molar-refractivity contribution in [1.29, 1.82) is 0 Å². The predicted octanol–water partition coefficient (Wildman–Crippen LogP) is 4.17. The van der Waals surface area contributed by atoms with Crippen LogP contribution in [0.2, 0.25) is 5.15 Å². The van der Waals surface area contributed by atoms with Gasteiger partial charge in [0.15, 0.2) is 5.03 Å². The smallest absolute Gasteiger partial charge is 0.272 e. The number of benzene rings is 2. The SMILES string of the molecule is O=[N+]([O-])/N=C1\N[C@@H](c2ccccc2)[C@H](c2ccccc2)N1Cc1ccc(Cl)nc1. The molecule has 0 aliphatic carbocycles. The largest absolute Gasteiger partial charge is 0.342 e.